The topological polar surface area (TPSA) is 65.1 Å². The standard InChI is InChI=1S/C41H57NO5Si/c1-10-32(2)30-34(46-38(43)37(31-33-22-14-11-15-23-33)42(9)39(44)47-40(3,4)5)24-20-21-29-45-48(41(6,7)8,35-25-16-12-17-26-35)36-27-18-13-19-28-36/h10-19,22-23,25-28,32,34,37H,1,20-21,24,29-31H2,2-9H3/t32-,34-,37+/m1/s1. The van der Waals surface area contributed by atoms with E-state index in [-0.39, 0.29) is 17.1 Å². The first-order valence-corrected chi connectivity index (χ1v) is 19.2. The van der Waals surface area contributed by atoms with E-state index in [1.54, 1.807) is 7.05 Å². The Bertz CT molecular complexity index is 1380. The second kappa shape index (κ2) is 17.6. The van der Waals surface area contributed by atoms with Gasteiger partial charge in [-0.2, -0.15) is 0 Å². The Hall–Kier alpha value is -3.68. The maximum absolute atomic E-state index is 13.9. The van der Waals surface area contributed by atoms with Gasteiger partial charge in [0.2, 0.25) is 0 Å². The molecular formula is C41H57NO5Si. The highest BCUT2D eigenvalue weighted by molar-refractivity contribution is 6.99. The average Bonchev–Trinajstić information content (AvgIpc) is 3.04. The summed E-state index contributed by atoms with van der Waals surface area (Å²) in [5, 5.41) is 2.42. The molecule has 3 atom stereocenters. The largest absolute Gasteiger partial charge is 0.461 e. The van der Waals surface area contributed by atoms with E-state index in [0.29, 0.717) is 25.9 Å². The lowest BCUT2D eigenvalue weighted by Crippen LogP contribution is -2.66. The first kappa shape index (κ1) is 38.8. The van der Waals surface area contributed by atoms with Gasteiger partial charge in [0.15, 0.2) is 0 Å². The van der Waals surface area contributed by atoms with Crippen molar-refractivity contribution in [1.29, 1.82) is 0 Å². The molecule has 3 aromatic carbocycles. The summed E-state index contributed by atoms with van der Waals surface area (Å²) in [6.45, 7) is 18.9. The van der Waals surface area contributed by atoms with Gasteiger partial charge in [-0.25, -0.2) is 9.59 Å². The van der Waals surface area contributed by atoms with Crippen LogP contribution < -0.4 is 10.4 Å². The number of hydrogen-bond donors (Lipinski definition) is 0. The van der Waals surface area contributed by atoms with E-state index < -0.39 is 32.0 Å². The number of hydrogen-bond acceptors (Lipinski definition) is 5. The summed E-state index contributed by atoms with van der Waals surface area (Å²) in [7, 11) is -1.02. The lowest BCUT2D eigenvalue weighted by Gasteiger charge is -2.43. The Morgan fingerprint density at radius 3 is 1.83 bits per heavy atom. The van der Waals surface area contributed by atoms with Crippen LogP contribution in [0.5, 0.6) is 0 Å². The Balaban J connectivity index is 1.76. The normalized spacial score (nSPS) is 14.0. The highest BCUT2D eigenvalue weighted by Crippen LogP contribution is 2.37. The molecule has 0 radical (unpaired) electrons. The first-order valence-electron chi connectivity index (χ1n) is 17.3. The van der Waals surface area contributed by atoms with E-state index in [1.165, 1.54) is 15.3 Å². The van der Waals surface area contributed by atoms with Crippen LogP contribution in [0.25, 0.3) is 0 Å². The molecule has 0 aliphatic carbocycles. The maximum Gasteiger partial charge on any atom is 0.410 e. The molecule has 0 saturated heterocycles. The van der Waals surface area contributed by atoms with Gasteiger partial charge in [0.1, 0.15) is 17.7 Å². The number of likely N-dealkylation sites (N-methyl/N-ethyl adjacent to an activating group) is 1. The Kier molecular flexibility index (Phi) is 14.2. The van der Waals surface area contributed by atoms with Crippen molar-refractivity contribution in [2.24, 2.45) is 5.92 Å². The molecule has 0 saturated carbocycles. The Labute approximate surface area is 290 Å². The van der Waals surface area contributed by atoms with Crippen LogP contribution in [-0.2, 0) is 25.1 Å². The molecule has 6 nitrogen and oxygen atoms in total. The van der Waals surface area contributed by atoms with Crippen molar-refractivity contribution in [2.45, 2.75) is 103 Å². The van der Waals surface area contributed by atoms with Crippen LogP contribution in [0, 0.1) is 5.92 Å². The van der Waals surface area contributed by atoms with Gasteiger partial charge in [0.05, 0.1) is 0 Å². The number of carbonyl (C=O) groups is 2. The van der Waals surface area contributed by atoms with Gasteiger partial charge in [0.25, 0.3) is 8.32 Å². The van der Waals surface area contributed by atoms with Crippen LogP contribution in [0.3, 0.4) is 0 Å². The second-order valence-electron chi connectivity index (χ2n) is 14.8. The summed E-state index contributed by atoms with van der Waals surface area (Å²) in [6, 6.07) is 30.2. The Morgan fingerprint density at radius 1 is 0.833 bits per heavy atom. The molecule has 0 unspecified atom stereocenters. The number of esters is 1. The molecule has 7 heteroatoms. The number of ether oxygens (including phenoxy) is 2. The predicted molar refractivity (Wildman–Crippen MR) is 199 cm³/mol. The molecule has 0 aromatic heterocycles. The third-order valence-corrected chi connectivity index (χ3v) is 13.7. The van der Waals surface area contributed by atoms with E-state index in [9.17, 15) is 9.59 Å². The summed E-state index contributed by atoms with van der Waals surface area (Å²) < 4.78 is 18.9. The predicted octanol–water partition coefficient (Wildman–Crippen LogP) is 8.34. The van der Waals surface area contributed by atoms with Crippen molar-refractivity contribution in [3.05, 3.63) is 109 Å². The zero-order valence-corrected chi connectivity index (χ0v) is 31.4. The number of amides is 1. The van der Waals surface area contributed by atoms with Crippen molar-refractivity contribution < 1.29 is 23.5 Å². The van der Waals surface area contributed by atoms with Gasteiger partial charge in [-0.15, -0.1) is 6.58 Å². The molecule has 0 bridgehead atoms. The number of allylic oxidation sites excluding steroid dienone is 1. The molecule has 0 N–H and O–H groups in total. The lowest BCUT2D eigenvalue weighted by atomic mass is 9.99. The minimum Gasteiger partial charge on any atom is -0.461 e. The summed E-state index contributed by atoms with van der Waals surface area (Å²) in [4.78, 5) is 28.3. The maximum atomic E-state index is 13.9. The molecular weight excluding hydrogens is 615 g/mol. The van der Waals surface area contributed by atoms with Gasteiger partial charge in [-0.3, -0.25) is 4.90 Å². The number of carbonyl (C=O) groups excluding carboxylic acids is 2. The van der Waals surface area contributed by atoms with Crippen molar-refractivity contribution in [3.8, 4) is 0 Å². The van der Waals surface area contributed by atoms with Crippen LogP contribution in [-0.4, -0.2) is 56.7 Å². The van der Waals surface area contributed by atoms with E-state index in [4.69, 9.17) is 13.9 Å². The second-order valence-corrected chi connectivity index (χ2v) is 19.1. The molecule has 48 heavy (non-hydrogen) atoms. The highest BCUT2D eigenvalue weighted by Gasteiger charge is 2.50. The number of unbranched alkanes of at least 4 members (excludes halogenated alkanes) is 1. The summed E-state index contributed by atoms with van der Waals surface area (Å²) >= 11 is 0. The van der Waals surface area contributed by atoms with Crippen molar-refractivity contribution >= 4 is 30.8 Å². The fraction of sp³-hybridized carbons (Fsp3) is 0.463. The smallest absolute Gasteiger partial charge is 0.410 e. The third-order valence-electron chi connectivity index (χ3n) is 8.67. The third kappa shape index (κ3) is 10.9. The summed E-state index contributed by atoms with van der Waals surface area (Å²) in [6.07, 6.45) is 4.31. The highest BCUT2D eigenvalue weighted by atomic mass is 28.4. The van der Waals surface area contributed by atoms with Gasteiger partial charge in [0, 0.05) is 20.1 Å². The summed E-state index contributed by atoms with van der Waals surface area (Å²) in [5.74, 6) is -0.274. The van der Waals surface area contributed by atoms with E-state index >= 15 is 0 Å². The minimum atomic E-state index is -2.63. The molecule has 3 aromatic rings. The molecule has 3 rings (SSSR count). The average molecular weight is 672 g/mol. The van der Waals surface area contributed by atoms with Crippen molar-refractivity contribution in [3.63, 3.8) is 0 Å². The fourth-order valence-corrected chi connectivity index (χ4v) is 10.7. The fourth-order valence-electron chi connectivity index (χ4n) is 6.12. The van der Waals surface area contributed by atoms with E-state index in [2.05, 4.69) is 94.9 Å². The first-order chi connectivity index (χ1) is 22.7. The zero-order valence-electron chi connectivity index (χ0n) is 30.4. The van der Waals surface area contributed by atoms with Crippen LogP contribution >= 0.6 is 0 Å². The number of rotatable bonds is 16. The lowest BCUT2D eigenvalue weighted by molar-refractivity contribution is -0.156. The van der Waals surface area contributed by atoms with E-state index in [1.807, 2.05) is 57.2 Å². The van der Waals surface area contributed by atoms with Crippen LogP contribution in [0.4, 0.5) is 4.79 Å². The van der Waals surface area contributed by atoms with Gasteiger partial charge >= 0.3 is 12.1 Å². The van der Waals surface area contributed by atoms with Crippen LogP contribution in [0.15, 0.2) is 104 Å². The van der Waals surface area contributed by atoms with Gasteiger partial charge in [-0.1, -0.05) is 125 Å². The molecule has 0 spiro atoms. The molecule has 1 amide bonds. The van der Waals surface area contributed by atoms with Crippen LogP contribution in [0.2, 0.25) is 5.04 Å². The quantitative estimate of drug-likeness (QED) is 0.0663. The summed E-state index contributed by atoms with van der Waals surface area (Å²) in [5.41, 5.74) is 0.247. The molecule has 0 aliphatic rings. The molecule has 260 valence electrons. The van der Waals surface area contributed by atoms with Crippen LogP contribution in [0.1, 0.15) is 79.7 Å². The Morgan fingerprint density at radius 2 is 1.35 bits per heavy atom. The van der Waals surface area contributed by atoms with Gasteiger partial charge < -0.3 is 13.9 Å². The number of nitrogens with zero attached hydrogens (tertiary/aromatic N) is 1. The SMILES string of the molecule is C=C[C@@H](C)C[C@@H](CCCCO[Si](c1ccccc1)(c1ccccc1)C(C)(C)C)OC(=O)[C@H](Cc1ccccc1)N(C)C(=O)OC(C)(C)C. The minimum absolute atomic E-state index is 0.0961. The number of benzene rings is 3. The van der Waals surface area contributed by atoms with E-state index in [0.717, 1.165) is 18.4 Å². The molecule has 0 aliphatic heterocycles. The molecule has 0 heterocycles. The van der Waals surface area contributed by atoms with Crippen molar-refractivity contribution in [2.75, 3.05) is 13.7 Å². The van der Waals surface area contributed by atoms with Crippen molar-refractivity contribution in [1.82, 2.24) is 4.90 Å². The molecule has 0 fully saturated rings. The van der Waals surface area contributed by atoms with Gasteiger partial charge in [-0.05, 0) is 73.3 Å². The zero-order chi connectivity index (χ0) is 35.4. The monoisotopic (exact) mass is 671 g/mol.